The zero-order valence-electron chi connectivity index (χ0n) is 32.9. The minimum Gasteiger partial charge on any atom is -0.449 e. The summed E-state index contributed by atoms with van der Waals surface area (Å²) in [7, 11) is -1.26. The van der Waals surface area contributed by atoms with Gasteiger partial charge in [-0.1, -0.05) is 103 Å². The monoisotopic (exact) mass is 802 g/mol. The lowest BCUT2D eigenvalue weighted by Crippen LogP contribution is -2.49. The highest BCUT2D eigenvalue weighted by Crippen LogP contribution is 2.49. The van der Waals surface area contributed by atoms with Crippen LogP contribution in [0.15, 0.2) is 124 Å². The fourth-order valence-electron chi connectivity index (χ4n) is 8.60. The van der Waals surface area contributed by atoms with E-state index in [0.717, 1.165) is 32.2 Å². The average molecular weight is 803 g/mol. The maximum atomic E-state index is 15.0. The van der Waals surface area contributed by atoms with Gasteiger partial charge >= 0.3 is 11.8 Å². The molecular formula is C45H46N4O8S. The van der Waals surface area contributed by atoms with E-state index in [-0.39, 0.29) is 42.5 Å². The molecule has 4 atom stereocenters. The third-order valence-electron chi connectivity index (χ3n) is 11.6. The summed E-state index contributed by atoms with van der Waals surface area (Å²) in [5.41, 5.74) is 3.52. The molecule has 8 rings (SSSR count). The fraction of sp³-hybridized carbons (Fsp3) is 0.311. The van der Waals surface area contributed by atoms with E-state index in [1.54, 1.807) is 48.3 Å². The summed E-state index contributed by atoms with van der Waals surface area (Å²) in [6.45, 7) is 4.32. The molecule has 0 bridgehead atoms. The van der Waals surface area contributed by atoms with Gasteiger partial charge in [0.2, 0.25) is 12.2 Å². The van der Waals surface area contributed by atoms with Gasteiger partial charge in [-0.05, 0) is 61.1 Å². The first-order chi connectivity index (χ1) is 28.0. The molecule has 6 aromatic rings. The van der Waals surface area contributed by atoms with E-state index in [2.05, 4.69) is 0 Å². The first-order valence-corrected chi connectivity index (χ1v) is 21.0. The first kappa shape index (κ1) is 38.9. The fourth-order valence-corrected chi connectivity index (χ4v) is 10.2. The summed E-state index contributed by atoms with van der Waals surface area (Å²) < 4.78 is 52.7. The van der Waals surface area contributed by atoms with E-state index in [9.17, 15) is 22.8 Å². The molecule has 0 saturated carbocycles. The van der Waals surface area contributed by atoms with Gasteiger partial charge in [0.1, 0.15) is 6.61 Å². The Hall–Kier alpha value is -5.92. The lowest BCUT2D eigenvalue weighted by Gasteiger charge is -2.43. The number of aryl methyl sites for hydroxylation is 1. The lowest BCUT2D eigenvalue weighted by atomic mass is 9.77. The van der Waals surface area contributed by atoms with Crippen molar-refractivity contribution in [2.45, 2.75) is 69.5 Å². The predicted octanol–water partition coefficient (Wildman–Crippen LogP) is 6.96. The number of ether oxygens (including phenoxy) is 3. The lowest BCUT2D eigenvalue weighted by molar-refractivity contribution is -0.146. The van der Waals surface area contributed by atoms with E-state index in [1.807, 2.05) is 86.6 Å². The Morgan fingerprint density at radius 1 is 0.828 bits per heavy atom. The van der Waals surface area contributed by atoms with Crippen molar-refractivity contribution in [2.75, 3.05) is 6.54 Å². The molecule has 0 saturated heterocycles. The highest BCUT2D eigenvalue weighted by molar-refractivity contribution is 7.90. The summed E-state index contributed by atoms with van der Waals surface area (Å²) in [5, 5.41) is 0.761. The number of benzene rings is 4. The summed E-state index contributed by atoms with van der Waals surface area (Å²) in [5.74, 6) is -1.02. The van der Waals surface area contributed by atoms with Crippen molar-refractivity contribution in [3.63, 3.8) is 0 Å². The van der Waals surface area contributed by atoms with Gasteiger partial charge in [0.25, 0.3) is 15.6 Å². The maximum Gasteiger partial charge on any atom is 0.410 e. The van der Waals surface area contributed by atoms with Crippen LogP contribution in [0.3, 0.4) is 0 Å². The average Bonchev–Trinajstić information content (AvgIpc) is 3.60. The summed E-state index contributed by atoms with van der Waals surface area (Å²) in [4.78, 5) is 43.8. The third-order valence-corrected chi connectivity index (χ3v) is 13.3. The molecule has 1 amide bonds. The summed E-state index contributed by atoms with van der Waals surface area (Å²) in [6, 6.07) is 32.2. The van der Waals surface area contributed by atoms with Crippen LogP contribution < -0.4 is 16.0 Å². The Morgan fingerprint density at radius 2 is 1.47 bits per heavy atom. The van der Waals surface area contributed by atoms with Crippen LogP contribution in [0.4, 0.5) is 4.79 Å². The molecule has 2 aliphatic heterocycles. The van der Waals surface area contributed by atoms with E-state index in [1.165, 1.54) is 15.6 Å². The number of carbonyl (C=O) groups is 1. The zero-order chi connectivity index (χ0) is 40.7. The van der Waals surface area contributed by atoms with E-state index in [0.29, 0.717) is 24.1 Å². The highest BCUT2D eigenvalue weighted by atomic mass is 32.2. The molecule has 12 nitrogen and oxygen atoms in total. The van der Waals surface area contributed by atoms with E-state index >= 15 is 0 Å². The Bertz CT molecular complexity index is 2710. The number of rotatable bonds is 10. The van der Waals surface area contributed by atoms with Gasteiger partial charge in [-0.25, -0.2) is 22.0 Å². The molecule has 0 unspecified atom stereocenters. The molecule has 0 spiro atoms. The van der Waals surface area contributed by atoms with Crippen molar-refractivity contribution in [3.05, 3.63) is 164 Å². The number of aromatic nitrogens is 3. The number of para-hydroxylation sites is 1. The Kier molecular flexibility index (Phi) is 10.6. The second kappa shape index (κ2) is 15.8. The van der Waals surface area contributed by atoms with Crippen LogP contribution in [-0.4, -0.2) is 45.4 Å². The van der Waals surface area contributed by atoms with Crippen LogP contribution in [0.25, 0.3) is 10.9 Å². The van der Waals surface area contributed by atoms with Gasteiger partial charge in [0.15, 0.2) is 0 Å². The number of fused-ring (bicyclic) bond motifs is 4. The topological polar surface area (TPSA) is 131 Å². The molecule has 4 aromatic carbocycles. The molecule has 0 N–H and O–H groups in total. The number of amides is 1. The van der Waals surface area contributed by atoms with Gasteiger partial charge in [0, 0.05) is 37.9 Å². The van der Waals surface area contributed by atoms with Gasteiger partial charge < -0.3 is 14.2 Å². The molecule has 300 valence electrons. The molecule has 13 heteroatoms. The van der Waals surface area contributed by atoms with E-state index < -0.39 is 51.5 Å². The Balaban J connectivity index is 1.32. The molecular weight excluding hydrogens is 757 g/mol. The first-order valence-electron chi connectivity index (χ1n) is 19.5. The van der Waals surface area contributed by atoms with Crippen LogP contribution in [0.5, 0.6) is 5.88 Å². The Labute approximate surface area is 336 Å². The predicted molar refractivity (Wildman–Crippen MR) is 219 cm³/mol. The minimum absolute atomic E-state index is 0.0101. The smallest absolute Gasteiger partial charge is 0.410 e. The van der Waals surface area contributed by atoms with Crippen LogP contribution in [-0.2, 0) is 53.2 Å². The number of hydrogen-bond acceptors (Lipinski definition) is 8. The number of nitrogens with zero attached hydrogens (tertiary/aromatic N) is 4. The largest absolute Gasteiger partial charge is 0.449 e. The summed E-state index contributed by atoms with van der Waals surface area (Å²) in [6.07, 6.45) is -0.540. The van der Waals surface area contributed by atoms with Crippen LogP contribution in [0.1, 0.15) is 65.2 Å². The molecule has 0 fully saturated rings. The van der Waals surface area contributed by atoms with Crippen LogP contribution >= 0.6 is 0 Å². The van der Waals surface area contributed by atoms with E-state index in [4.69, 9.17) is 14.2 Å². The zero-order valence-corrected chi connectivity index (χ0v) is 33.7. The molecule has 2 aliphatic rings. The van der Waals surface area contributed by atoms with Crippen LogP contribution in [0.2, 0.25) is 0 Å². The van der Waals surface area contributed by atoms with Crippen molar-refractivity contribution < 1.29 is 27.4 Å². The van der Waals surface area contributed by atoms with Crippen molar-refractivity contribution in [1.29, 1.82) is 0 Å². The van der Waals surface area contributed by atoms with Crippen LogP contribution in [0, 0.1) is 12.8 Å². The molecule has 0 aliphatic carbocycles. The van der Waals surface area contributed by atoms with Gasteiger partial charge in [-0.2, -0.15) is 0 Å². The normalized spacial score (nSPS) is 19.0. The number of carbonyl (C=O) groups excluding carboxylic acids is 1. The SMILES string of the molecule is CC[C@@H]1[C@H](OCc2ccccc2)Oc2c(c(=O)n(C)c(=O)n2C)[C@H]1C[C@@H]1c2c(c3ccccc3n2S(=O)(=O)c2ccc(C)cc2)CCN1C(=O)OCc1ccccc1. The second-order valence-corrected chi connectivity index (χ2v) is 16.9. The van der Waals surface area contributed by atoms with Crippen molar-refractivity contribution in [3.8, 4) is 5.88 Å². The molecule has 2 aromatic heterocycles. The standard InChI is InChI=1S/C45H46N4O8S/c1-5-33-36(39-41(50)46(3)44(51)47(4)42(39)57-43(33)55-27-30-14-8-6-9-15-30)26-38-40-35(24-25-48(38)45(52)56-28-31-16-10-7-11-17-31)34-18-12-13-19-37(34)49(40)58(53,54)32-22-20-29(2)21-23-32/h6-23,33,36,38,43H,5,24-28H2,1-4H3/t33-,36-,38+,43+/m0/s1. The third kappa shape index (κ3) is 6.92. The maximum absolute atomic E-state index is 15.0. The molecule has 4 heterocycles. The van der Waals surface area contributed by atoms with Gasteiger partial charge in [-0.3, -0.25) is 18.8 Å². The Morgan fingerprint density at radius 3 is 2.14 bits per heavy atom. The quantitative estimate of drug-likeness (QED) is 0.145. The van der Waals surface area contributed by atoms with Crippen molar-refractivity contribution in [2.24, 2.45) is 20.0 Å². The minimum atomic E-state index is -4.24. The second-order valence-electron chi connectivity index (χ2n) is 15.1. The summed E-state index contributed by atoms with van der Waals surface area (Å²) >= 11 is 0. The van der Waals surface area contributed by atoms with Crippen molar-refractivity contribution in [1.82, 2.24) is 18.0 Å². The van der Waals surface area contributed by atoms with Gasteiger partial charge in [0.05, 0.1) is 34.3 Å². The van der Waals surface area contributed by atoms with Crippen molar-refractivity contribution >= 4 is 27.0 Å². The highest BCUT2D eigenvalue weighted by Gasteiger charge is 2.47. The molecule has 0 radical (unpaired) electrons. The van der Waals surface area contributed by atoms with Gasteiger partial charge in [-0.15, -0.1) is 0 Å². The number of hydrogen-bond donors (Lipinski definition) is 0. The molecule has 58 heavy (non-hydrogen) atoms.